The second kappa shape index (κ2) is 9.75. The van der Waals surface area contributed by atoms with Crippen LogP contribution < -0.4 is 10.6 Å². The van der Waals surface area contributed by atoms with Crippen LogP contribution in [0.4, 0.5) is 5.82 Å². The number of benzene rings is 1. The lowest BCUT2D eigenvalue weighted by Gasteiger charge is -2.10. The molecule has 1 aromatic carbocycles. The standard InChI is InChI=1S/C17H20ClN3S2/c1-13-7-9-19-16(11-13)21-17(22)20-8-4-10-23-12-14-5-2-3-6-15(14)18/h2-3,5-7,9,11H,4,8,10,12H2,1H3,(H2,19,20,21,22). The summed E-state index contributed by atoms with van der Waals surface area (Å²) in [5.74, 6) is 2.77. The smallest absolute Gasteiger partial charge is 0.171 e. The van der Waals surface area contributed by atoms with E-state index in [9.17, 15) is 0 Å². The van der Waals surface area contributed by atoms with E-state index in [0.717, 1.165) is 40.9 Å². The van der Waals surface area contributed by atoms with Gasteiger partial charge in [-0.25, -0.2) is 4.98 Å². The first-order chi connectivity index (χ1) is 11.1. The molecule has 2 aromatic rings. The third-order valence-electron chi connectivity index (χ3n) is 3.12. The molecule has 0 radical (unpaired) electrons. The quantitative estimate of drug-likeness (QED) is 0.551. The van der Waals surface area contributed by atoms with Crippen molar-refractivity contribution in [3.8, 4) is 0 Å². The number of aryl methyl sites for hydroxylation is 1. The topological polar surface area (TPSA) is 37.0 Å². The summed E-state index contributed by atoms with van der Waals surface area (Å²) in [6.07, 6.45) is 2.81. The number of nitrogens with zero attached hydrogens (tertiary/aromatic N) is 1. The van der Waals surface area contributed by atoms with Crippen molar-refractivity contribution in [1.82, 2.24) is 10.3 Å². The molecule has 2 N–H and O–H groups in total. The highest BCUT2D eigenvalue weighted by Gasteiger charge is 2.00. The summed E-state index contributed by atoms with van der Waals surface area (Å²) >= 11 is 13.3. The SMILES string of the molecule is Cc1ccnc(NC(=S)NCCCSCc2ccccc2Cl)c1. The van der Waals surface area contributed by atoms with Gasteiger partial charge in [0.2, 0.25) is 0 Å². The number of rotatable bonds is 7. The minimum Gasteiger partial charge on any atom is -0.362 e. The summed E-state index contributed by atoms with van der Waals surface area (Å²) in [4.78, 5) is 4.22. The Balaban J connectivity index is 1.58. The zero-order chi connectivity index (χ0) is 16.5. The van der Waals surface area contributed by atoms with Gasteiger partial charge in [0.05, 0.1) is 0 Å². The monoisotopic (exact) mass is 365 g/mol. The van der Waals surface area contributed by atoms with Crippen LogP contribution in [0.25, 0.3) is 0 Å². The number of hydrogen-bond acceptors (Lipinski definition) is 3. The van der Waals surface area contributed by atoms with Gasteiger partial charge < -0.3 is 10.6 Å². The minimum absolute atomic E-state index is 0.610. The van der Waals surface area contributed by atoms with Crippen molar-refractivity contribution in [2.75, 3.05) is 17.6 Å². The van der Waals surface area contributed by atoms with Crippen molar-refractivity contribution in [3.63, 3.8) is 0 Å². The maximum absolute atomic E-state index is 6.14. The highest BCUT2D eigenvalue weighted by atomic mass is 35.5. The molecule has 3 nitrogen and oxygen atoms in total. The van der Waals surface area contributed by atoms with Gasteiger partial charge in [-0.3, -0.25) is 0 Å². The third-order valence-corrected chi connectivity index (χ3v) is 4.83. The summed E-state index contributed by atoms with van der Waals surface area (Å²) in [5.41, 5.74) is 2.34. The fraction of sp³-hybridized carbons (Fsp3) is 0.294. The van der Waals surface area contributed by atoms with Crippen LogP contribution in [0.5, 0.6) is 0 Å². The van der Waals surface area contributed by atoms with Crippen LogP contribution >= 0.6 is 35.6 Å². The van der Waals surface area contributed by atoms with Gasteiger partial charge in [-0.05, 0) is 60.6 Å². The molecule has 0 aliphatic heterocycles. The Morgan fingerprint density at radius 3 is 2.91 bits per heavy atom. The van der Waals surface area contributed by atoms with Crippen molar-refractivity contribution in [1.29, 1.82) is 0 Å². The second-order valence-electron chi connectivity index (χ2n) is 5.10. The van der Waals surface area contributed by atoms with Gasteiger partial charge in [0.15, 0.2) is 5.11 Å². The van der Waals surface area contributed by atoms with Gasteiger partial charge in [-0.2, -0.15) is 11.8 Å². The normalized spacial score (nSPS) is 10.3. The van der Waals surface area contributed by atoms with Crippen LogP contribution in [0.2, 0.25) is 5.02 Å². The number of anilines is 1. The maximum atomic E-state index is 6.14. The van der Waals surface area contributed by atoms with Gasteiger partial charge in [0, 0.05) is 23.5 Å². The lowest BCUT2D eigenvalue weighted by Crippen LogP contribution is -2.29. The Labute approximate surface area is 152 Å². The number of pyridine rings is 1. The van der Waals surface area contributed by atoms with Gasteiger partial charge in [-0.1, -0.05) is 29.8 Å². The summed E-state index contributed by atoms with van der Waals surface area (Å²) in [6, 6.07) is 11.9. The van der Waals surface area contributed by atoms with Crippen LogP contribution in [0.15, 0.2) is 42.6 Å². The van der Waals surface area contributed by atoms with Gasteiger partial charge >= 0.3 is 0 Å². The van der Waals surface area contributed by atoms with Crippen molar-refractivity contribution >= 4 is 46.5 Å². The number of thioether (sulfide) groups is 1. The molecule has 0 saturated carbocycles. The second-order valence-corrected chi connectivity index (χ2v) is 7.02. The molecular formula is C17H20ClN3S2. The lowest BCUT2D eigenvalue weighted by molar-refractivity contribution is 0.854. The predicted octanol–water partition coefficient (Wildman–Crippen LogP) is 4.65. The Hall–Kier alpha value is -1.30. The molecule has 0 amide bonds. The molecule has 0 fully saturated rings. The van der Waals surface area contributed by atoms with Crippen LogP contribution in [-0.2, 0) is 5.75 Å². The van der Waals surface area contributed by atoms with Crippen molar-refractivity contribution < 1.29 is 0 Å². The van der Waals surface area contributed by atoms with Gasteiger partial charge in [0.25, 0.3) is 0 Å². The highest BCUT2D eigenvalue weighted by molar-refractivity contribution is 7.98. The Morgan fingerprint density at radius 1 is 1.30 bits per heavy atom. The van der Waals surface area contributed by atoms with Crippen molar-refractivity contribution in [2.45, 2.75) is 19.1 Å². The summed E-state index contributed by atoms with van der Waals surface area (Å²) in [5, 5.41) is 7.75. The molecule has 0 bridgehead atoms. The van der Waals surface area contributed by atoms with E-state index in [1.54, 1.807) is 6.20 Å². The largest absolute Gasteiger partial charge is 0.362 e. The molecule has 0 atom stereocenters. The van der Waals surface area contributed by atoms with Gasteiger partial charge in [-0.15, -0.1) is 0 Å². The molecule has 0 aliphatic carbocycles. The molecule has 23 heavy (non-hydrogen) atoms. The summed E-state index contributed by atoms with van der Waals surface area (Å²) < 4.78 is 0. The summed E-state index contributed by atoms with van der Waals surface area (Å²) in [7, 11) is 0. The zero-order valence-electron chi connectivity index (χ0n) is 13.0. The maximum Gasteiger partial charge on any atom is 0.171 e. The third kappa shape index (κ3) is 6.77. The number of nitrogens with one attached hydrogen (secondary N) is 2. The summed E-state index contributed by atoms with van der Waals surface area (Å²) in [6.45, 7) is 2.87. The van der Waals surface area contributed by atoms with E-state index >= 15 is 0 Å². The molecule has 0 aliphatic rings. The Morgan fingerprint density at radius 2 is 2.13 bits per heavy atom. The first-order valence-corrected chi connectivity index (χ1v) is 9.38. The van der Waals surface area contributed by atoms with E-state index in [0.29, 0.717) is 5.11 Å². The molecule has 6 heteroatoms. The number of hydrogen-bond donors (Lipinski definition) is 2. The average molecular weight is 366 g/mol. The molecule has 0 unspecified atom stereocenters. The van der Waals surface area contributed by atoms with E-state index in [4.69, 9.17) is 23.8 Å². The molecule has 2 rings (SSSR count). The van der Waals surface area contributed by atoms with E-state index in [1.807, 2.05) is 49.0 Å². The molecule has 0 spiro atoms. The lowest BCUT2D eigenvalue weighted by atomic mass is 10.2. The van der Waals surface area contributed by atoms with Crippen molar-refractivity contribution in [2.24, 2.45) is 0 Å². The number of halogens is 1. The fourth-order valence-corrected chi connectivity index (χ4v) is 3.39. The predicted molar refractivity (Wildman–Crippen MR) is 105 cm³/mol. The average Bonchev–Trinajstić information content (AvgIpc) is 2.52. The van der Waals surface area contributed by atoms with E-state index in [-0.39, 0.29) is 0 Å². The van der Waals surface area contributed by atoms with Crippen LogP contribution in [0.1, 0.15) is 17.5 Å². The first-order valence-electron chi connectivity index (χ1n) is 7.44. The van der Waals surface area contributed by atoms with E-state index in [1.165, 1.54) is 5.56 Å². The van der Waals surface area contributed by atoms with E-state index in [2.05, 4.69) is 21.7 Å². The molecular weight excluding hydrogens is 346 g/mol. The van der Waals surface area contributed by atoms with Crippen LogP contribution in [0.3, 0.4) is 0 Å². The molecule has 0 saturated heterocycles. The minimum atomic E-state index is 0.610. The number of aromatic nitrogens is 1. The Bertz CT molecular complexity index is 649. The van der Waals surface area contributed by atoms with E-state index < -0.39 is 0 Å². The zero-order valence-corrected chi connectivity index (χ0v) is 15.4. The fourth-order valence-electron chi connectivity index (χ4n) is 1.94. The molecule has 1 aromatic heterocycles. The Kier molecular flexibility index (Phi) is 7.65. The first kappa shape index (κ1) is 18.0. The van der Waals surface area contributed by atoms with Crippen LogP contribution in [0, 0.1) is 6.92 Å². The number of thiocarbonyl (C=S) groups is 1. The van der Waals surface area contributed by atoms with Crippen LogP contribution in [-0.4, -0.2) is 22.4 Å². The van der Waals surface area contributed by atoms with Crippen molar-refractivity contribution in [3.05, 3.63) is 58.7 Å². The molecule has 122 valence electrons. The molecule has 1 heterocycles. The van der Waals surface area contributed by atoms with Gasteiger partial charge in [0.1, 0.15) is 5.82 Å². The highest BCUT2D eigenvalue weighted by Crippen LogP contribution is 2.20.